The maximum Gasteiger partial charge on any atom is 0.123 e. The quantitative estimate of drug-likeness (QED) is 0.376. The molecule has 0 spiro atoms. The van der Waals surface area contributed by atoms with E-state index in [1.807, 2.05) is 41.2 Å². The van der Waals surface area contributed by atoms with E-state index in [-0.39, 0.29) is 5.82 Å². The first-order valence-electron chi connectivity index (χ1n) is 9.88. The Balaban J connectivity index is 1.88. The van der Waals surface area contributed by atoms with Gasteiger partial charge in [0, 0.05) is 22.5 Å². The van der Waals surface area contributed by atoms with Crippen LogP contribution < -0.4 is 4.74 Å². The highest BCUT2D eigenvalue weighted by atomic mass is 19.1. The number of fused-ring (bicyclic) bond motifs is 3. The fourth-order valence-corrected chi connectivity index (χ4v) is 3.80. The summed E-state index contributed by atoms with van der Waals surface area (Å²) in [5, 5.41) is 6.90. The summed E-state index contributed by atoms with van der Waals surface area (Å²) in [4.78, 5) is 4.69. The normalized spacial score (nSPS) is 11.3. The van der Waals surface area contributed by atoms with Gasteiger partial charge >= 0.3 is 0 Å². The number of nitrogens with zero attached hydrogens (tertiary/aromatic N) is 3. The molecule has 5 aromatic rings. The number of pyridine rings is 1. The van der Waals surface area contributed by atoms with Crippen LogP contribution in [-0.4, -0.2) is 21.9 Å². The summed E-state index contributed by atoms with van der Waals surface area (Å²) in [7, 11) is 1.65. The van der Waals surface area contributed by atoms with E-state index >= 15 is 0 Å². The Hall–Kier alpha value is -3.73. The van der Waals surface area contributed by atoms with Gasteiger partial charge in [-0.3, -0.25) is 4.98 Å². The van der Waals surface area contributed by atoms with Gasteiger partial charge in [0.2, 0.25) is 0 Å². The molecular formula is C25H20FN3O. The molecule has 0 saturated carbocycles. The Morgan fingerprint density at radius 2 is 1.80 bits per heavy atom. The zero-order chi connectivity index (χ0) is 20.7. The van der Waals surface area contributed by atoms with E-state index < -0.39 is 0 Å². The second-order valence-electron chi connectivity index (χ2n) is 7.19. The number of ether oxygens (including phenoxy) is 1. The zero-order valence-corrected chi connectivity index (χ0v) is 16.8. The van der Waals surface area contributed by atoms with Crippen LogP contribution in [0.3, 0.4) is 0 Å². The minimum Gasteiger partial charge on any atom is -0.497 e. The van der Waals surface area contributed by atoms with Gasteiger partial charge in [0.15, 0.2) is 0 Å². The first-order chi connectivity index (χ1) is 14.7. The molecule has 0 fully saturated rings. The molecule has 0 saturated heterocycles. The van der Waals surface area contributed by atoms with E-state index in [0.717, 1.165) is 50.9 Å². The van der Waals surface area contributed by atoms with Crippen molar-refractivity contribution in [2.75, 3.05) is 7.11 Å². The van der Waals surface area contributed by atoms with Gasteiger partial charge in [-0.15, -0.1) is 0 Å². The maximum atomic E-state index is 13.6. The van der Waals surface area contributed by atoms with E-state index in [0.29, 0.717) is 0 Å². The van der Waals surface area contributed by atoms with Crippen molar-refractivity contribution in [3.05, 3.63) is 84.3 Å². The Morgan fingerprint density at radius 1 is 0.967 bits per heavy atom. The topological polar surface area (TPSA) is 39.9 Å². The fourth-order valence-electron chi connectivity index (χ4n) is 3.80. The summed E-state index contributed by atoms with van der Waals surface area (Å²) in [5.74, 6) is 0.488. The smallest absolute Gasteiger partial charge is 0.123 e. The Kier molecular flexibility index (Phi) is 4.43. The zero-order valence-electron chi connectivity index (χ0n) is 16.8. The maximum absolute atomic E-state index is 13.6. The lowest BCUT2D eigenvalue weighted by Gasteiger charge is -2.07. The number of rotatable bonds is 4. The third-order valence-corrected chi connectivity index (χ3v) is 5.39. The Bertz CT molecular complexity index is 1370. The molecule has 0 unspecified atom stereocenters. The summed E-state index contributed by atoms with van der Waals surface area (Å²) >= 11 is 0. The number of methoxy groups -OCH3 is 1. The van der Waals surface area contributed by atoms with Gasteiger partial charge < -0.3 is 4.74 Å². The van der Waals surface area contributed by atoms with Crippen LogP contribution in [0.15, 0.2) is 72.9 Å². The first-order valence-corrected chi connectivity index (χ1v) is 9.88. The summed E-state index contributed by atoms with van der Waals surface area (Å²) in [6.07, 6.45) is 2.80. The highest BCUT2D eigenvalue weighted by Crippen LogP contribution is 2.35. The molecule has 5 heteroatoms. The Labute approximate surface area is 173 Å². The fraction of sp³-hybridized carbons (Fsp3) is 0.120. The minimum atomic E-state index is -0.275. The lowest BCUT2D eigenvalue weighted by Crippen LogP contribution is -1.98. The highest BCUT2D eigenvalue weighted by molar-refractivity contribution is 6.09. The molecule has 0 radical (unpaired) electrons. The van der Waals surface area contributed by atoms with Crippen molar-refractivity contribution in [2.45, 2.75) is 13.3 Å². The predicted molar refractivity (Wildman–Crippen MR) is 118 cm³/mol. The summed E-state index contributed by atoms with van der Waals surface area (Å²) in [6.45, 7) is 2.13. The van der Waals surface area contributed by atoms with Crippen molar-refractivity contribution in [1.82, 2.24) is 14.8 Å². The first kappa shape index (κ1) is 18.3. The van der Waals surface area contributed by atoms with Gasteiger partial charge in [0.05, 0.1) is 23.8 Å². The largest absolute Gasteiger partial charge is 0.497 e. The molecule has 30 heavy (non-hydrogen) atoms. The SMILES string of the molecule is CCc1ccc2ncc3c(-c4cccc(OC)c4)nn(-c4ccc(F)cc4)c3c2c1. The molecule has 0 aliphatic rings. The second-order valence-corrected chi connectivity index (χ2v) is 7.19. The lowest BCUT2D eigenvalue weighted by molar-refractivity contribution is 0.415. The van der Waals surface area contributed by atoms with Gasteiger partial charge in [-0.25, -0.2) is 9.07 Å². The van der Waals surface area contributed by atoms with Gasteiger partial charge in [-0.05, 0) is 60.5 Å². The molecule has 0 N–H and O–H groups in total. The van der Waals surface area contributed by atoms with E-state index in [1.165, 1.54) is 17.7 Å². The van der Waals surface area contributed by atoms with E-state index in [2.05, 4.69) is 19.1 Å². The molecule has 148 valence electrons. The highest BCUT2D eigenvalue weighted by Gasteiger charge is 2.18. The molecule has 5 rings (SSSR count). The van der Waals surface area contributed by atoms with E-state index in [4.69, 9.17) is 14.8 Å². The van der Waals surface area contributed by atoms with Crippen molar-refractivity contribution < 1.29 is 9.13 Å². The van der Waals surface area contributed by atoms with Crippen LogP contribution in [0.5, 0.6) is 5.75 Å². The number of hydrogen-bond donors (Lipinski definition) is 0. The number of benzene rings is 3. The number of aryl methyl sites for hydroxylation is 1. The molecule has 0 aliphatic heterocycles. The van der Waals surface area contributed by atoms with Crippen molar-refractivity contribution in [1.29, 1.82) is 0 Å². The minimum absolute atomic E-state index is 0.275. The third kappa shape index (κ3) is 2.99. The average Bonchev–Trinajstić information content (AvgIpc) is 3.19. The molecular weight excluding hydrogens is 377 g/mol. The average molecular weight is 397 g/mol. The number of hydrogen-bond acceptors (Lipinski definition) is 3. The standard InChI is InChI=1S/C25H20FN3O/c1-3-16-7-12-23-21(13-16)25-22(15-27-23)24(17-5-4-6-20(14-17)30-2)28-29(25)19-10-8-18(26)9-11-19/h4-15H,3H2,1-2H3. The molecule has 2 aromatic heterocycles. The van der Waals surface area contributed by atoms with E-state index in [1.54, 1.807) is 19.2 Å². The van der Waals surface area contributed by atoms with Crippen molar-refractivity contribution in [3.63, 3.8) is 0 Å². The lowest BCUT2D eigenvalue weighted by atomic mass is 10.0. The van der Waals surface area contributed by atoms with Crippen LogP contribution in [-0.2, 0) is 6.42 Å². The molecule has 0 atom stereocenters. The van der Waals surface area contributed by atoms with Gasteiger partial charge in [-0.2, -0.15) is 5.10 Å². The van der Waals surface area contributed by atoms with Crippen LogP contribution in [0.25, 0.3) is 38.8 Å². The van der Waals surface area contributed by atoms with Gasteiger partial charge in [0.25, 0.3) is 0 Å². The van der Waals surface area contributed by atoms with Gasteiger partial charge in [-0.1, -0.05) is 25.1 Å². The molecule has 3 aromatic carbocycles. The Morgan fingerprint density at radius 3 is 2.57 bits per heavy atom. The van der Waals surface area contributed by atoms with Crippen molar-refractivity contribution in [3.8, 4) is 22.7 Å². The van der Waals surface area contributed by atoms with Crippen LogP contribution in [0, 0.1) is 5.82 Å². The van der Waals surface area contributed by atoms with Crippen molar-refractivity contribution >= 4 is 21.8 Å². The third-order valence-electron chi connectivity index (χ3n) is 5.39. The summed E-state index contributed by atoms with van der Waals surface area (Å²) in [6, 6.07) is 20.5. The van der Waals surface area contributed by atoms with Crippen LogP contribution in [0.2, 0.25) is 0 Å². The van der Waals surface area contributed by atoms with Crippen LogP contribution in [0.1, 0.15) is 12.5 Å². The number of aromatic nitrogens is 3. The molecule has 4 nitrogen and oxygen atoms in total. The van der Waals surface area contributed by atoms with E-state index in [9.17, 15) is 4.39 Å². The second kappa shape index (κ2) is 7.26. The number of halogens is 1. The summed E-state index contributed by atoms with van der Waals surface area (Å²) in [5.41, 5.74) is 5.63. The predicted octanol–water partition coefficient (Wildman–Crippen LogP) is 5.95. The molecule has 0 aliphatic carbocycles. The van der Waals surface area contributed by atoms with Crippen molar-refractivity contribution in [2.24, 2.45) is 0 Å². The molecule has 0 amide bonds. The van der Waals surface area contributed by atoms with Gasteiger partial charge in [0.1, 0.15) is 17.3 Å². The monoisotopic (exact) mass is 397 g/mol. The molecule has 2 heterocycles. The van der Waals surface area contributed by atoms with Crippen LogP contribution >= 0.6 is 0 Å². The molecule has 0 bridgehead atoms. The summed E-state index contributed by atoms with van der Waals surface area (Å²) < 4.78 is 20.9. The van der Waals surface area contributed by atoms with Crippen LogP contribution in [0.4, 0.5) is 4.39 Å².